The Morgan fingerprint density at radius 2 is 1.65 bits per heavy atom. The highest BCUT2D eigenvalue weighted by molar-refractivity contribution is 5.65. The summed E-state index contributed by atoms with van der Waals surface area (Å²) in [7, 11) is 0. The second kappa shape index (κ2) is 4.85. The fraction of sp³-hybridized carbons (Fsp3) is 0.429. The van der Waals surface area contributed by atoms with Crippen molar-refractivity contribution in [2.45, 2.75) is 49.7 Å². The van der Waals surface area contributed by atoms with E-state index in [1.54, 1.807) is 5.56 Å². The molecule has 5 rings (SSSR count). The third kappa shape index (κ3) is 1.73. The minimum absolute atomic E-state index is 0.144. The van der Waals surface area contributed by atoms with Crippen molar-refractivity contribution in [3.8, 4) is 0 Å². The van der Waals surface area contributed by atoms with Crippen LogP contribution in [0.15, 0.2) is 54.6 Å². The zero-order valence-corrected chi connectivity index (χ0v) is 13.6. The molecule has 1 saturated heterocycles. The van der Waals surface area contributed by atoms with Crippen molar-refractivity contribution in [1.29, 1.82) is 0 Å². The average molecular weight is 304 g/mol. The van der Waals surface area contributed by atoms with Gasteiger partial charge in [-0.2, -0.15) is 0 Å². The summed E-state index contributed by atoms with van der Waals surface area (Å²) < 4.78 is 0. The van der Waals surface area contributed by atoms with Gasteiger partial charge in [-0.1, -0.05) is 55.0 Å². The van der Waals surface area contributed by atoms with E-state index >= 15 is 0 Å². The third-order valence-corrected chi connectivity index (χ3v) is 6.53. The minimum Gasteiger partial charge on any atom is -0.366 e. The predicted molar refractivity (Wildman–Crippen MR) is 94.4 cm³/mol. The highest BCUT2D eigenvalue weighted by Crippen LogP contribution is 2.61. The number of fused-ring (bicyclic) bond motifs is 1. The molecular formula is C21H24N2. The van der Waals surface area contributed by atoms with Crippen LogP contribution >= 0.6 is 0 Å². The number of hydrogen-bond acceptors (Lipinski definition) is 2. The molecule has 2 heteroatoms. The van der Waals surface area contributed by atoms with Crippen LogP contribution in [0.5, 0.6) is 0 Å². The molecule has 3 aliphatic rings. The predicted octanol–water partition coefficient (Wildman–Crippen LogP) is 4.53. The van der Waals surface area contributed by atoms with Gasteiger partial charge in [-0.05, 0) is 42.9 Å². The van der Waals surface area contributed by atoms with Crippen molar-refractivity contribution in [3.63, 3.8) is 0 Å². The van der Waals surface area contributed by atoms with Crippen LogP contribution < -0.4 is 5.32 Å². The topological polar surface area (TPSA) is 15.3 Å². The van der Waals surface area contributed by atoms with Gasteiger partial charge in [0, 0.05) is 24.2 Å². The van der Waals surface area contributed by atoms with Crippen LogP contribution in [0.25, 0.3) is 0 Å². The molecular weight excluding hydrogens is 280 g/mol. The second-order valence-corrected chi connectivity index (χ2v) is 7.48. The minimum atomic E-state index is 0.144. The SMILES string of the molecule is c1ccc(CN2CCC34CCCCC23Nc2ccccc24)cc1. The van der Waals surface area contributed by atoms with Gasteiger partial charge in [-0.25, -0.2) is 0 Å². The van der Waals surface area contributed by atoms with Crippen molar-refractivity contribution in [2.24, 2.45) is 0 Å². The largest absolute Gasteiger partial charge is 0.366 e. The quantitative estimate of drug-likeness (QED) is 0.877. The first-order valence-corrected chi connectivity index (χ1v) is 9.01. The normalized spacial score (nSPS) is 32.0. The van der Waals surface area contributed by atoms with Gasteiger partial charge in [0.1, 0.15) is 5.66 Å². The molecule has 2 fully saturated rings. The van der Waals surface area contributed by atoms with Gasteiger partial charge in [0.25, 0.3) is 0 Å². The van der Waals surface area contributed by atoms with E-state index in [0.29, 0.717) is 5.41 Å². The molecule has 0 aromatic heterocycles. The maximum atomic E-state index is 4.00. The van der Waals surface area contributed by atoms with Gasteiger partial charge >= 0.3 is 0 Å². The van der Waals surface area contributed by atoms with E-state index in [9.17, 15) is 0 Å². The smallest absolute Gasteiger partial charge is 0.101 e. The highest BCUT2D eigenvalue weighted by atomic mass is 15.4. The molecule has 0 amide bonds. The van der Waals surface area contributed by atoms with Gasteiger partial charge < -0.3 is 5.32 Å². The summed E-state index contributed by atoms with van der Waals surface area (Å²) >= 11 is 0. The number of benzene rings is 2. The number of rotatable bonds is 2. The van der Waals surface area contributed by atoms with Crippen LogP contribution in [0.2, 0.25) is 0 Å². The first-order valence-electron chi connectivity index (χ1n) is 9.01. The molecule has 2 aliphatic heterocycles. The number of hydrogen-bond donors (Lipinski definition) is 1. The second-order valence-electron chi connectivity index (χ2n) is 7.48. The zero-order valence-electron chi connectivity index (χ0n) is 13.6. The van der Waals surface area contributed by atoms with E-state index in [1.165, 1.54) is 49.9 Å². The lowest BCUT2D eigenvalue weighted by molar-refractivity contribution is 0.0706. The van der Waals surface area contributed by atoms with Crippen LogP contribution in [0, 0.1) is 0 Å². The molecule has 0 bridgehead atoms. The molecule has 23 heavy (non-hydrogen) atoms. The molecule has 2 aromatic rings. The number of anilines is 1. The Kier molecular flexibility index (Phi) is 2.87. The maximum absolute atomic E-state index is 4.00. The Labute approximate surface area is 138 Å². The van der Waals surface area contributed by atoms with E-state index in [1.807, 2.05) is 0 Å². The van der Waals surface area contributed by atoms with Gasteiger partial charge in [-0.15, -0.1) is 0 Å². The van der Waals surface area contributed by atoms with Crippen molar-refractivity contribution < 1.29 is 0 Å². The van der Waals surface area contributed by atoms with Gasteiger partial charge in [0.15, 0.2) is 0 Å². The molecule has 2 atom stereocenters. The first kappa shape index (κ1) is 13.6. The Morgan fingerprint density at radius 3 is 2.57 bits per heavy atom. The van der Waals surface area contributed by atoms with Crippen LogP contribution in [-0.4, -0.2) is 17.1 Å². The summed E-state index contributed by atoms with van der Waals surface area (Å²) in [5, 5.41) is 4.00. The molecule has 1 N–H and O–H groups in total. The summed E-state index contributed by atoms with van der Waals surface area (Å²) in [5.74, 6) is 0. The summed E-state index contributed by atoms with van der Waals surface area (Å²) in [4.78, 5) is 2.74. The Hall–Kier alpha value is -1.80. The van der Waals surface area contributed by atoms with Crippen molar-refractivity contribution in [1.82, 2.24) is 4.90 Å². The number of nitrogens with one attached hydrogen (secondary N) is 1. The van der Waals surface area contributed by atoms with E-state index in [4.69, 9.17) is 0 Å². The molecule has 118 valence electrons. The van der Waals surface area contributed by atoms with Crippen LogP contribution in [0.1, 0.15) is 43.2 Å². The highest BCUT2D eigenvalue weighted by Gasteiger charge is 2.64. The zero-order chi connectivity index (χ0) is 15.3. The van der Waals surface area contributed by atoms with Crippen LogP contribution in [0.4, 0.5) is 5.69 Å². The first-order chi connectivity index (χ1) is 11.3. The number of para-hydroxylation sites is 1. The molecule has 1 saturated carbocycles. The van der Waals surface area contributed by atoms with Crippen LogP contribution in [0.3, 0.4) is 0 Å². The number of likely N-dealkylation sites (tertiary alicyclic amines) is 1. The molecule has 0 spiro atoms. The molecule has 1 aliphatic carbocycles. The molecule has 2 heterocycles. The van der Waals surface area contributed by atoms with Gasteiger partial charge in [0.05, 0.1) is 0 Å². The fourth-order valence-corrected chi connectivity index (χ4v) is 5.57. The lowest BCUT2D eigenvalue weighted by Crippen LogP contribution is -2.59. The van der Waals surface area contributed by atoms with Crippen molar-refractivity contribution in [2.75, 3.05) is 11.9 Å². The lowest BCUT2D eigenvalue weighted by atomic mass is 9.64. The molecule has 2 nitrogen and oxygen atoms in total. The lowest BCUT2D eigenvalue weighted by Gasteiger charge is -2.49. The molecule has 2 unspecified atom stereocenters. The average Bonchev–Trinajstić information content (AvgIpc) is 3.07. The Balaban J connectivity index is 1.58. The number of nitrogens with zero attached hydrogens (tertiary/aromatic N) is 1. The molecule has 0 radical (unpaired) electrons. The van der Waals surface area contributed by atoms with Crippen molar-refractivity contribution in [3.05, 3.63) is 65.7 Å². The van der Waals surface area contributed by atoms with Gasteiger partial charge in [0.2, 0.25) is 0 Å². The van der Waals surface area contributed by atoms with Gasteiger partial charge in [-0.3, -0.25) is 4.90 Å². The van der Waals surface area contributed by atoms with Crippen LogP contribution in [-0.2, 0) is 12.0 Å². The van der Waals surface area contributed by atoms with E-state index in [-0.39, 0.29) is 5.66 Å². The monoisotopic (exact) mass is 304 g/mol. The van der Waals surface area contributed by atoms with E-state index in [0.717, 1.165) is 6.54 Å². The Bertz CT molecular complexity index is 726. The Morgan fingerprint density at radius 1 is 0.870 bits per heavy atom. The summed E-state index contributed by atoms with van der Waals surface area (Å²) in [6, 6.07) is 20.0. The van der Waals surface area contributed by atoms with E-state index < -0.39 is 0 Å². The standard InChI is InChI=1S/C21H24N2/c1-2-8-17(9-3-1)16-23-15-14-20-12-6-7-13-21(20,23)22-19-11-5-4-10-18(19)20/h1-5,8-11,22H,6-7,12-16H2. The maximum Gasteiger partial charge on any atom is 0.101 e. The fourth-order valence-electron chi connectivity index (χ4n) is 5.57. The summed E-state index contributed by atoms with van der Waals surface area (Å²) in [6.07, 6.45) is 6.62. The third-order valence-electron chi connectivity index (χ3n) is 6.53. The molecule has 2 aromatic carbocycles. The summed E-state index contributed by atoms with van der Waals surface area (Å²) in [5.41, 5.74) is 4.87. The summed E-state index contributed by atoms with van der Waals surface area (Å²) in [6.45, 7) is 2.26. The van der Waals surface area contributed by atoms with Crippen molar-refractivity contribution >= 4 is 5.69 Å². The van der Waals surface area contributed by atoms with E-state index in [2.05, 4.69) is 64.8 Å².